The minimum atomic E-state index is 0. The lowest BCUT2D eigenvalue weighted by Gasteiger charge is -2.09. The highest BCUT2D eigenvalue weighted by molar-refractivity contribution is 6.02. The van der Waals surface area contributed by atoms with Gasteiger partial charge in [-0.25, -0.2) is 4.57 Å². The van der Waals surface area contributed by atoms with Gasteiger partial charge in [0.05, 0.1) is 0 Å². The van der Waals surface area contributed by atoms with Crippen molar-refractivity contribution in [1.82, 2.24) is 0 Å². The highest BCUT2D eigenvalue weighted by Gasteiger charge is 2.11. The van der Waals surface area contributed by atoms with Crippen LogP contribution < -0.4 is 28.5 Å². The van der Waals surface area contributed by atoms with Gasteiger partial charge in [-0.15, -0.1) is 0 Å². The van der Waals surface area contributed by atoms with Crippen molar-refractivity contribution in [3.8, 4) is 0 Å². The maximum atomic E-state index is 2.28. The van der Waals surface area contributed by atoms with E-state index in [-0.39, 0.29) is 24.0 Å². The lowest BCUT2D eigenvalue weighted by molar-refractivity contribution is -0.688. The van der Waals surface area contributed by atoms with E-state index in [0.717, 1.165) is 6.54 Å². The number of rotatable bonds is 2. The second kappa shape index (κ2) is 6.44. The number of halogens is 1. The molecule has 0 radical (unpaired) electrons. The van der Waals surface area contributed by atoms with Crippen LogP contribution >= 0.6 is 0 Å². The van der Waals surface area contributed by atoms with Crippen LogP contribution in [-0.4, -0.2) is 0 Å². The van der Waals surface area contributed by atoms with E-state index in [9.17, 15) is 0 Å². The Hall–Kier alpha value is -1.94. The largest absolute Gasteiger partial charge is 1.00 e. The number of hydrogen-bond donors (Lipinski definition) is 0. The topological polar surface area (TPSA) is 3.88 Å². The zero-order chi connectivity index (χ0) is 14.1. The number of benzene rings is 3. The molecule has 22 heavy (non-hydrogen) atoms. The Balaban J connectivity index is 0.00000144. The van der Waals surface area contributed by atoms with E-state index >= 15 is 0 Å². The molecule has 0 N–H and O–H groups in total. The molecule has 0 saturated heterocycles. The van der Waals surface area contributed by atoms with Gasteiger partial charge in [0.1, 0.15) is 0 Å². The van der Waals surface area contributed by atoms with Crippen molar-refractivity contribution in [2.45, 2.75) is 6.54 Å². The number of pyridine rings is 1. The zero-order valence-electron chi connectivity index (χ0n) is 12.1. The van der Waals surface area contributed by atoms with Crippen LogP contribution in [0.2, 0.25) is 0 Å². The number of aromatic nitrogens is 1. The molecule has 1 heterocycles. The van der Waals surface area contributed by atoms with Crippen LogP contribution in [0.4, 0.5) is 0 Å². The number of fused-ring (bicyclic) bond motifs is 2. The van der Waals surface area contributed by atoms with E-state index in [0.29, 0.717) is 0 Å². The monoisotopic (exact) mass is 397 g/mol. The molecule has 108 valence electrons. The van der Waals surface area contributed by atoms with Gasteiger partial charge in [0.2, 0.25) is 0 Å². The van der Waals surface area contributed by atoms with E-state index in [1.165, 1.54) is 27.1 Å². The van der Waals surface area contributed by atoms with E-state index < -0.39 is 0 Å². The summed E-state index contributed by atoms with van der Waals surface area (Å²) in [6.07, 6.45) is 4.24. The Labute approximate surface area is 147 Å². The van der Waals surface area contributed by atoms with Crippen LogP contribution in [0.5, 0.6) is 0 Å². The summed E-state index contributed by atoms with van der Waals surface area (Å²) in [6.45, 7) is 0.892. The summed E-state index contributed by atoms with van der Waals surface area (Å²) in [7, 11) is 0. The second-order valence-electron chi connectivity index (χ2n) is 5.35. The van der Waals surface area contributed by atoms with Gasteiger partial charge < -0.3 is 24.0 Å². The van der Waals surface area contributed by atoms with Gasteiger partial charge in [0, 0.05) is 17.7 Å². The first-order valence-electron chi connectivity index (χ1n) is 7.25. The normalized spacial score (nSPS) is 10.5. The third kappa shape index (κ3) is 2.71. The zero-order valence-corrected chi connectivity index (χ0v) is 14.3. The summed E-state index contributed by atoms with van der Waals surface area (Å²) < 4.78 is 2.23. The summed E-state index contributed by atoms with van der Waals surface area (Å²) in [5.41, 5.74) is 1.39. The standard InChI is InChI=1S/C20H16N.HI/c1-6-12-21(13-7-1)15-20-18-10-4-2-8-16(18)14-17-9-3-5-11-19(17)20;/h1-14H,15H2;1H/q+1;/p-1. The lowest BCUT2D eigenvalue weighted by atomic mass is 9.96. The van der Waals surface area contributed by atoms with Crippen LogP contribution in [0.25, 0.3) is 21.5 Å². The van der Waals surface area contributed by atoms with E-state index in [2.05, 4.69) is 89.8 Å². The lowest BCUT2D eigenvalue weighted by Crippen LogP contribution is -3.00. The second-order valence-corrected chi connectivity index (χ2v) is 5.35. The summed E-state index contributed by atoms with van der Waals surface area (Å²) >= 11 is 0. The van der Waals surface area contributed by atoms with Crippen molar-refractivity contribution in [2.75, 3.05) is 0 Å². The van der Waals surface area contributed by atoms with Crippen LogP contribution in [0.3, 0.4) is 0 Å². The summed E-state index contributed by atoms with van der Waals surface area (Å²) in [6, 6.07) is 25.8. The predicted molar refractivity (Wildman–Crippen MR) is 87.2 cm³/mol. The first-order valence-corrected chi connectivity index (χ1v) is 7.25. The molecule has 4 aromatic rings. The Morgan fingerprint density at radius 1 is 0.636 bits per heavy atom. The number of hydrogen-bond acceptors (Lipinski definition) is 0. The average Bonchev–Trinajstić information content (AvgIpc) is 2.55. The summed E-state index contributed by atoms with van der Waals surface area (Å²) in [5.74, 6) is 0. The molecular weight excluding hydrogens is 381 g/mol. The summed E-state index contributed by atoms with van der Waals surface area (Å²) in [4.78, 5) is 0. The van der Waals surface area contributed by atoms with Gasteiger partial charge in [0.15, 0.2) is 18.9 Å². The van der Waals surface area contributed by atoms with Crippen molar-refractivity contribution in [2.24, 2.45) is 0 Å². The Morgan fingerprint density at radius 2 is 1.18 bits per heavy atom. The maximum Gasteiger partial charge on any atom is 0.175 e. The molecule has 0 fully saturated rings. The minimum absolute atomic E-state index is 0. The Kier molecular flexibility index (Phi) is 4.39. The van der Waals surface area contributed by atoms with Crippen molar-refractivity contribution in [1.29, 1.82) is 0 Å². The van der Waals surface area contributed by atoms with Crippen LogP contribution in [0.15, 0.2) is 85.2 Å². The quantitative estimate of drug-likeness (QED) is 0.273. The van der Waals surface area contributed by atoms with Gasteiger partial charge >= 0.3 is 0 Å². The Bertz CT molecular complexity index is 862. The van der Waals surface area contributed by atoms with Gasteiger partial charge in [-0.2, -0.15) is 0 Å². The molecule has 0 amide bonds. The van der Waals surface area contributed by atoms with Crippen LogP contribution in [0, 0.1) is 0 Å². The van der Waals surface area contributed by atoms with Gasteiger partial charge in [-0.05, 0) is 27.6 Å². The molecule has 0 aliphatic heterocycles. The first kappa shape index (κ1) is 15.0. The molecule has 2 heteroatoms. The molecule has 0 aliphatic rings. The highest BCUT2D eigenvalue weighted by Crippen LogP contribution is 2.28. The first-order chi connectivity index (χ1) is 10.4. The fraction of sp³-hybridized carbons (Fsp3) is 0.0500. The molecule has 3 aromatic carbocycles. The highest BCUT2D eigenvalue weighted by atomic mass is 127. The van der Waals surface area contributed by atoms with Crippen LogP contribution in [-0.2, 0) is 6.54 Å². The molecule has 0 saturated carbocycles. The van der Waals surface area contributed by atoms with E-state index in [1.54, 1.807) is 0 Å². The maximum absolute atomic E-state index is 2.28. The molecule has 1 aromatic heterocycles. The van der Waals surface area contributed by atoms with Gasteiger partial charge in [0.25, 0.3) is 0 Å². The smallest absolute Gasteiger partial charge is 0.175 e. The third-order valence-electron chi connectivity index (χ3n) is 4.00. The molecular formula is C20H16IN. The van der Waals surface area contributed by atoms with Gasteiger partial charge in [-0.1, -0.05) is 54.6 Å². The molecule has 0 aliphatic carbocycles. The number of nitrogens with zero attached hydrogens (tertiary/aromatic N) is 1. The van der Waals surface area contributed by atoms with Crippen molar-refractivity contribution in [3.05, 3.63) is 90.8 Å². The average molecular weight is 397 g/mol. The Morgan fingerprint density at radius 3 is 1.77 bits per heavy atom. The molecule has 0 spiro atoms. The molecule has 0 atom stereocenters. The predicted octanol–water partition coefficient (Wildman–Crippen LogP) is 1.33. The molecule has 0 bridgehead atoms. The van der Waals surface area contributed by atoms with Gasteiger partial charge in [-0.3, -0.25) is 0 Å². The van der Waals surface area contributed by atoms with E-state index in [4.69, 9.17) is 0 Å². The van der Waals surface area contributed by atoms with Crippen molar-refractivity contribution in [3.63, 3.8) is 0 Å². The third-order valence-corrected chi connectivity index (χ3v) is 4.00. The molecule has 4 rings (SSSR count). The minimum Gasteiger partial charge on any atom is -1.00 e. The SMILES string of the molecule is [I-].c1cc[n+](Cc2c3ccccc3cc3ccccc23)cc1. The van der Waals surface area contributed by atoms with Crippen molar-refractivity contribution >= 4 is 21.5 Å². The van der Waals surface area contributed by atoms with E-state index in [1.807, 2.05) is 0 Å². The van der Waals surface area contributed by atoms with Crippen molar-refractivity contribution < 1.29 is 28.5 Å². The molecule has 0 unspecified atom stereocenters. The summed E-state index contributed by atoms with van der Waals surface area (Å²) in [5, 5.41) is 5.30. The fourth-order valence-electron chi connectivity index (χ4n) is 3.00. The van der Waals surface area contributed by atoms with Crippen LogP contribution in [0.1, 0.15) is 5.56 Å². The molecule has 1 nitrogen and oxygen atoms in total. The fourth-order valence-corrected chi connectivity index (χ4v) is 3.00.